The van der Waals surface area contributed by atoms with E-state index in [1.54, 1.807) is 7.05 Å². The highest BCUT2D eigenvalue weighted by Gasteiger charge is 2.31. The molecule has 1 aromatic heterocycles. The molecule has 2 heterocycles. The lowest BCUT2D eigenvalue weighted by Crippen LogP contribution is -2.48. The van der Waals surface area contributed by atoms with Gasteiger partial charge in [0.2, 0.25) is 5.91 Å². The highest BCUT2D eigenvalue weighted by Crippen LogP contribution is 2.29. The molecule has 1 N–H and O–H groups in total. The summed E-state index contributed by atoms with van der Waals surface area (Å²) < 4.78 is 39.5. The largest absolute Gasteiger partial charge is 0.416 e. The second kappa shape index (κ2) is 7.40. The third kappa shape index (κ3) is 3.85. The Labute approximate surface area is 148 Å². The predicted octanol–water partition coefficient (Wildman–Crippen LogP) is 1.78. The maximum atomic E-state index is 12.7. The quantitative estimate of drug-likeness (QED) is 0.890. The van der Waals surface area contributed by atoms with Gasteiger partial charge in [-0.15, -0.1) is 5.10 Å². The molecule has 140 valence electrons. The lowest BCUT2D eigenvalue weighted by Gasteiger charge is -2.33. The van der Waals surface area contributed by atoms with E-state index in [0.29, 0.717) is 18.1 Å². The van der Waals surface area contributed by atoms with Crippen molar-refractivity contribution < 1.29 is 18.0 Å². The standard InChI is InChI=1S/C16H19F3N6O/c1-20-15(26)13-4-2-3-9-24(13)10-14-21-22-23-25(14)12-7-5-11(6-8-12)16(17,18)19/h5-8,13H,2-4,9-10H2,1H3,(H,20,26)/t13-/m1/s1. The van der Waals surface area contributed by atoms with Crippen LogP contribution < -0.4 is 5.32 Å². The number of tetrazole rings is 1. The van der Waals surface area contributed by atoms with Gasteiger partial charge in [0, 0.05) is 7.05 Å². The van der Waals surface area contributed by atoms with Crippen molar-refractivity contribution in [2.75, 3.05) is 13.6 Å². The Hall–Kier alpha value is -2.49. The molecule has 1 aliphatic rings. The molecule has 3 rings (SSSR count). The number of benzene rings is 1. The molecule has 1 saturated heterocycles. The smallest absolute Gasteiger partial charge is 0.358 e. The van der Waals surface area contributed by atoms with E-state index in [1.165, 1.54) is 16.8 Å². The summed E-state index contributed by atoms with van der Waals surface area (Å²) in [5.41, 5.74) is -0.293. The Balaban J connectivity index is 1.81. The van der Waals surface area contributed by atoms with Gasteiger partial charge in [0.05, 0.1) is 23.8 Å². The molecule has 10 heteroatoms. The van der Waals surface area contributed by atoms with Crippen LogP contribution in [0.15, 0.2) is 24.3 Å². The number of carbonyl (C=O) groups is 1. The number of halogens is 3. The number of likely N-dealkylation sites (N-methyl/N-ethyl adjacent to an activating group) is 1. The van der Waals surface area contributed by atoms with Crippen LogP contribution in [0.25, 0.3) is 5.69 Å². The zero-order valence-electron chi connectivity index (χ0n) is 14.2. The monoisotopic (exact) mass is 368 g/mol. The fourth-order valence-corrected chi connectivity index (χ4v) is 3.12. The molecule has 1 fully saturated rings. The predicted molar refractivity (Wildman–Crippen MR) is 86.3 cm³/mol. The fraction of sp³-hybridized carbons (Fsp3) is 0.500. The molecule has 0 aliphatic carbocycles. The number of piperidine rings is 1. The average molecular weight is 368 g/mol. The molecule has 7 nitrogen and oxygen atoms in total. The molecule has 2 aromatic rings. The zero-order valence-corrected chi connectivity index (χ0v) is 14.2. The number of rotatable bonds is 4. The summed E-state index contributed by atoms with van der Waals surface area (Å²) in [4.78, 5) is 14.1. The first-order valence-electron chi connectivity index (χ1n) is 8.30. The number of alkyl halides is 3. The van der Waals surface area contributed by atoms with Crippen molar-refractivity contribution in [3.63, 3.8) is 0 Å². The van der Waals surface area contributed by atoms with Crippen molar-refractivity contribution in [2.45, 2.75) is 38.0 Å². The van der Waals surface area contributed by atoms with Crippen molar-refractivity contribution in [3.05, 3.63) is 35.7 Å². The van der Waals surface area contributed by atoms with Crippen LogP contribution in [0.2, 0.25) is 0 Å². The van der Waals surface area contributed by atoms with E-state index in [4.69, 9.17) is 0 Å². The van der Waals surface area contributed by atoms with Crippen molar-refractivity contribution in [1.82, 2.24) is 30.4 Å². The van der Waals surface area contributed by atoms with Gasteiger partial charge in [-0.05, 0) is 54.1 Å². The summed E-state index contributed by atoms with van der Waals surface area (Å²) in [6.45, 7) is 1.07. The number of hydrogen-bond acceptors (Lipinski definition) is 5. The number of nitrogens with one attached hydrogen (secondary N) is 1. The van der Waals surface area contributed by atoms with Crippen LogP contribution in [0, 0.1) is 0 Å². The number of likely N-dealkylation sites (tertiary alicyclic amines) is 1. The number of nitrogens with zero attached hydrogens (tertiary/aromatic N) is 5. The van der Waals surface area contributed by atoms with E-state index >= 15 is 0 Å². The molecular formula is C16H19F3N6O. The van der Waals surface area contributed by atoms with Crippen molar-refractivity contribution in [3.8, 4) is 5.69 Å². The molecule has 1 aliphatic heterocycles. The first kappa shape index (κ1) is 18.3. The van der Waals surface area contributed by atoms with E-state index < -0.39 is 11.7 Å². The minimum atomic E-state index is -4.39. The Morgan fingerprint density at radius 3 is 2.65 bits per heavy atom. The highest BCUT2D eigenvalue weighted by molar-refractivity contribution is 5.81. The molecular weight excluding hydrogens is 349 g/mol. The van der Waals surface area contributed by atoms with Gasteiger partial charge in [0.15, 0.2) is 5.82 Å². The summed E-state index contributed by atoms with van der Waals surface area (Å²) >= 11 is 0. The minimum absolute atomic E-state index is 0.0572. The van der Waals surface area contributed by atoms with Gasteiger partial charge in [-0.25, -0.2) is 0 Å². The summed E-state index contributed by atoms with van der Waals surface area (Å²) in [5.74, 6) is 0.416. The van der Waals surface area contributed by atoms with Gasteiger partial charge in [0.1, 0.15) is 0 Å². The Morgan fingerprint density at radius 2 is 2.00 bits per heavy atom. The summed E-state index contributed by atoms with van der Waals surface area (Å²) in [7, 11) is 1.60. The van der Waals surface area contributed by atoms with Crippen LogP contribution in [-0.4, -0.2) is 50.6 Å². The van der Waals surface area contributed by atoms with E-state index in [-0.39, 0.29) is 11.9 Å². The van der Waals surface area contributed by atoms with E-state index in [0.717, 1.165) is 37.9 Å². The maximum absolute atomic E-state index is 12.7. The third-order valence-corrected chi connectivity index (χ3v) is 4.48. The van der Waals surface area contributed by atoms with E-state index in [1.807, 2.05) is 4.90 Å². The van der Waals surface area contributed by atoms with Crippen LogP contribution >= 0.6 is 0 Å². The normalized spacial score (nSPS) is 18.7. The summed E-state index contributed by atoms with van der Waals surface area (Å²) in [6, 6.07) is 4.39. The molecule has 1 atom stereocenters. The van der Waals surface area contributed by atoms with Crippen LogP contribution in [0.4, 0.5) is 13.2 Å². The SMILES string of the molecule is CNC(=O)[C@H]1CCCCN1Cc1nnnn1-c1ccc(C(F)(F)F)cc1. The lowest BCUT2D eigenvalue weighted by atomic mass is 10.0. The Bertz CT molecular complexity index is 758. The molecule has 0 radical (unpaired) electrons. The second-order valence-electron chi connectivity index (χ2n) is 6.15. The van der Waals surface area contributed by atoms with Gasteiger partial charge in [0.25, 0.3) is 0 Å². The van der Waals surface area contributed by atoms with Gasteiger partial charge in [-0.1, -0.05) is 6.42 Å². The van der Waals surface area contributed by atoms with Crippen LogP contribution in [0.5, 0.6) is 0 Å². The van der Waals surface area contributed by atoms with Crippen LogP contribution in [0.1, 0.15) is 30.7 Å². The number of hydrogen-bond donors (Lipinski definition) is 1. The van der Waals surface area contributed by atoms with Gasteiger partial charge in [-0.3, -0.25) is 9.69 Å². The summed E-state index contributed by atoms with van der Waals surface area (Å²) in [6.07, 6.45) is -1.70. The van der Waals surface area contributed by atoms with Gasteiger partial charge in [-0.2, -0.15) is 17.9 Å². The highest BCUT2D eigenvalue weighted by atomic mass is 19.4. The van der Waals surface area contributed by atoms with Gasteiger partial charge < -0.3 is 5.32 Å². The second-order valence-corrected chi connectivity index (χ2v) is 6.15. The van der Waals surface area contributed by atoms with Gasteiger partial charge >= 0.3 is 6.18 Å². The molecule has 26 heavy (non-hydrogen) atoms. The fourth-order valence-electron chi connectivity index (χ4n) is 3.12. The first-order valence-corrected chi connectivity index (χ1v) is 8.30. The molecule has 0 spiro atoms. The maximum Gasteiger partial charge on any atom is 0.416 e. The number of carbonyl (C=O) groups excluding carboxylic acids is 1. The van der Waals surface area contributed by atoms with E-state index in [2.05, 4.69) is 20.8 Å². The van der Waals surface area contributed by atoms with Crippen molar-refractivity contribution >= 4 is 5.91 Å². The molecule has 0 saturated carbocycles. The van der Waals surface area contributed by atoms with Crippen LogP contribution in [0.3, 0.4) is 0 Å². The minimum Gasteiger partial charge on any atom is -0.358 e. The zero-order chi connectivity index (χ0) is 18.7. The molecule has 0 bridgehead atoms. The number of aromatic nitrogens is 4. The third-order valence-electron chi connectivity index (χ3n) is 4.48. The Morgan fingerprint density at radius 1 is 1.27 bits per heavy atom. The molecule has 1 amide bonds. The summed E-state index contributed by atoms with van der Waals surface area (Å²) in [5, 5.41) is 14.2. The molecule has 0 unspecified atom stereocenters. The van der Waals surface area contributed by atoms with E-state index in [9.17, 15) is 18.0 Å². The van der Waals surface area contributed by atoms with Crippen LogP contribution in [-0.2, 0) is 17.5 Å². The number of amides is 1. The molecule has 1 aromatic carbocycles. The van der Waals surface area contributed by atoms with Crippen molar-refractivity contribution in [1.29, 1.82) is 0 Å². The first-order chi connectivity index (χ1) is 12.4. The Kier molecular flexibility index (Phi) is 5.21. The lowest BCUT2D eigenvalue weighted by molar-refractivity contribution is -0.137. The average Bonchev–Trinajstić information content (AvgIpc) is 3.09. The van der Waals surface area contributed by atoms with Crippen molar-refractivity contribution in [2.24, 2.45) is 0 Å². The topological polar surface area (TPSA) is 75.9 Å².